The number of aliphatic carboxylic acids is 1. The van der Waals surface area contributed by atoms with Crippen molar-refractivity contribution >= 4 is 35.2 Å². The molecule has 0 spiro atoms. The third-order valence-corrected chi connectivity index (χ3v) is 3.84. The van der Waals surface area contributed by atoms with E-state index in [2.05, 4.69) is 5.32 Å². The summed E-state index contributed by atoms with van der Waals surface area (Å²) in [6.45, 7) is 0. The smallest absolute Gasteiger partial charge is 0.326 e. The van der Waals surface area contributed by atoms with E-state index < -0.39 is 12.0 Å². The zero-order chi connectivity index (χ0) is 15.0. The van der Waals surface area contributed by atoms with Crippen LogP contribution >= 0.6 is 23.4 Å². The summed E-state index contributed by atoms with van der Waals surface area (Å²) in [4.78, 5) is 22.8. The lowest BCUT2D eigenvalue weighted by atomic mass is 10.1. The zero-order valence-electron chi connectivity index (χ0n) is 11.3. The monoisotopic (exact) mass is 315 g/mol. The van der Waals surface area contributed by atoms with Crippen LogP contribution in [-0.2, 0) is 16.0 Å². The van der Waals surface area contributed by atoms with E-state index in [0.717, 1.165) is 5.56 Å². The van der Waals surface area contributed by atoms with Crippen LogP contribution in [0.25, 0.3) is 0 Å². The molecule has 1 aromatic rings. The second-order valence-corrected chi connectivity index (χ2v) is 5.72. The molecular weight excluding hydrogens is 298 g/mol. The van der Waals surface area contributed by atoms with Gasteiger partial charge in [-0.1, -0.05) is 29.8 Å². The van der Waals surface area contributed by atoms with Crippen molar-refractivity contribution in [2.75, 3.05) is 12.0 Å². The third-order valence-electron chi connectivity index (χ3n) is 2.82. The fourth-order valence-electron chi connectivity index (χ4n) is 1.71. The van der Waals surface area contributed by atoms with Crippen LogP contribution in [0.3, 0.4) is 0 Å². The Labute approximate surface area is 127 Å². The predicted octanol–water partition coefficient (Wildman–Crippen LogP) is 2.60. The van der Waals surface area contributed by atoms with E-state index in [1.54, 1.807) is 17.8 Å². The Morgan fingerprint density at radius 3 is 2.70 bits per heavy atom. The van der Waals surface area contributed by atoms with Gasteiger partial charge in [0.2, 0.25) is 5.91 Å². The quantitative estimate of drug-likeness (QED) is 0.774. The SMILES string of the molecule is CSCC[C@@H](NC(=O)CCc1ccccc1Cl)C(=O)O. The van der Waals surface area contributed by atoms with Gasteiger partial charge < -0.3 is 10.4 Å². The second kappa shape index (κ2) is 8.87. The standard InChI is InChI=1S/C14H18ClNO3S/c1-20-9-8-12(14(18)19)16-13(17)7-6-10-4-2-3-5-11(10)15/h2-5,12H,6-9H2,1H3,(H,16,17)(H,18,19)/t12-/m1/s1. The van der Waals surface area contributed by atoms with Crippen molar-refractivity contribution in [1.82, 2.24) is 5.32 Å². The molecule has 0 fully saturated rings. The molecule has 2 N–H and O–H groups in total. The molecule has 0 radical (unpaired) electrons. The fraction of sp³-hybridized carbons (Fsp3) is 0.429. The summed E-state index contributed by atoms with van der Waals surface area (Å²) in [7, 11) is 0. The summed E-state index contributed by atoms with van der Waals surface area (Å²) >= 11 is 7.56. The molecule has 4 nitrogen and oxygen atoms in total. The molecule has 0 saturated carbocycles. The number of halogens is 1. The number of benzene rings is 1. The molecule has 20 heavy (non-hydrogen) atoms. The number of carboxylic acid groups (broad SMARTS) is 1. The van der Waals surface area contributed by atoms with Gasteiger partial charge in [-0.25, -0.2) is 4.79 Å². The summed E-state index contributed by atoms with van der Waals surface area (Å²) in [5, 5.41) is 12.2. The van der Waals surface area contributed by atoms with Crippen molar-refractivity contribution in [3.63, 3.8) is 0 Å². The van der Waals surface area contributed by atoms with E-state index in [9.17, 15) is 9.59 Å². The second-order valence-electron chi connectivity index (χ2n) is 4.33. The summed E-state index contributed by atoms with van der Waals surface area (Å²) in [5.41, 5.74) is 0.889. The maximum atomic E-state index is 11.8. The minimum atomic E-state index is -0.995. The first-order valence-corrected chi connectivity index (χ1v) is 8.06. The van der Waals surface area contributed by atoms with Gasteiger partial charge in [0.05, 0.1) is 0 Å². The van der Waals surface area contributed by atoms with Crippen molar-refractivity contribution in [3.05, 3.63) is 34.9 Å². The van der Waals surface area contributed by atoms with Crippen LogP contribution in [0.2, 0.25) is 5.02 Å². The highest BCUT2D eigenvalue weighted by atomic mass is 35.5. The van der Waals surface area contributed by atoms with Crippen molar-refractivity contribution in [2.45, 2.75) is 25.3 Å². The van der Waals surface area contributed by atoms with Gasteiger partial charge in [0.1, 0.15) is 6.04 Å². The molecule has 1 aromatic carbocycles. The molecule has 0 unspecified atom stereocenters. The van der Waals surface area contributed by atoms with Crippen molar-refractivity contribution in [3.8, 4) is 0 Å². The highest BCUT2D eigenvalue weighted by molar-refractivity contribution is 7.98. The summed E-state index contributed by atoms with van der Waals surface area (Å²) in [6, 6.07) is 6.50. The molecule has 0 aliphatic heterocycles. The number of carbonyl (C=O) groups is 2. The molecule has 0 saturated heterocycles. The maximum absolute atomic E-state index is 11.8. The molecular formula is C14H18ClNO3S. The number of carboxylic acids is 1. The molecule has 1 rings (SSSR count). The van der Waals surface area contributed by atoms with Gasteiger partial charge in [-0.2, -0.15) is 11.8 Å². The van der Waals surface area contributed by atoms with Crippen LogP contribution in [0.4, 0.5) is 0 Å². The molecule has 110 valence electrons. The van der Waals surface area contributed by atoms with Gasteiger partial charge in [0, 0.05) is 11.4 Å². The van der Waals surface area contributed by atoms with Crippen molar-refractivity contribution in [2.24, 2.45) is 0 Å². The summed E-state index contributed by atoms with van der Waals surface area (Å²) in [6.07, 6.45) is 3.06. The van der Waals surface area contributed by atoms with Crippen LogP contribution in [0, 0.1) is 0 Å². The van der Waals surface area contributed by atoms with Crippen molar-refractivity contribution in [1.29, 1.82) is 0 Å². The Kier molecular flexibility index (Phi) is 7.47. The Morgan fingerprint density at radius 1 is 1.40 bits per heavy atom. The van der Waals surface area contributed by atoms with E-state index in [1.807, 2.05) is 24.5 Å². The Morgan fingerprint density at radius 2 is 2.10 bits per heavy atom. The molecule has 0 heterocycles. The number of nitrogens with one attached hydrogen (secondary N) is 1. The lowest BCUT2D eigenvalue weighted by Gasteiger charge is -2.14. The largest absolute Gasteiger partial charge is 0.480 e. The van der Waals surface area contributed by atoms with Gasteiger partial charge in [0.25, 0.3) is 0 Å². The lowest BCUT2D eigenvalue weighted by molar-refractivity contribution is -0.141. The number of carbonyl (C=O) groups excluding carboxylic acids is 1. The van der Waals surface area contributed by atoms with E-state index in [0.29, 0.717) is 23.6 Å². The van der Waals surface area contributed by atoms with Crippen LogP contribution < -0.4 is 5.32 Å². The third kappa shape index (κ3) is 5.84. The fourth-order valence-corrected chi connectivity index (χ4v) is 2.41. The van der Waals surface area contributed by atoms with Crippen LogP contribution in [-0.4, -0.2) is 35.0 Å². The molecule has 6 heteroatoms. The minimum Gasteiger partial charge on any atom is -0.480 e. The molecule has 1 atom stereocenters. The van der Waals surface area contributed by atoms with E-state index in [4.69, 9.17) is 16.7 Å². The van der Waals surface area contributed by atoms with Gasteiger partial charge >= 0.3 is 5.97 Å². The molecule has 1 amide bonds. The van der Waals surface area contributed by atoms with Crippen LogP contribution in [0.15, 0.2) is 24.3 Å². The molecule has 0 aliphatic carbocycles. The zero-order valence-corrected chi connectivity index (χ0v) is 12.8. The molecule has 0 aromatic heterocycles. The average Bonchev–Trinajstić information content (AvgIpc) is 2.42. The number of amides is 1. The van der Waals surface area contributed by atoms with E-state index in [-0.39, 0.29) is 12.3 Å². The lowest BCUT2D eigenvalue weighted by Crippen LogP contribution is -2.41. The van der Waals surface area contributed by atoms with Gasteiger partial charge in [-0.15, -0.1) is 0 Å². The normalized spacial score (nSPS) is 11.9. The number of hydrogen-bond acceptors (Lipinski definition) is 3. The number of aryl methyl sites for hydroxylation is 1. The first-order chi connectivity index (χ1) is 9.54. The maximum Gasteiger partial charge on any atom is 0.326 e. The highest BCUT2D eigenvalue weighted by Crippen LogP contribution is 2.16. The van der Waals surface area contributed by atoms with E-state index >= 15 is 0 Å². The minimum absolute atomic E-state index is 0.229. The molecule has 0 aliphatic rings. The number of rotatable bonds is 8. The predicted molar refractivity (Wildman–Crippen MR) is 82.3 cm³/mol. The first-order valence-electron chi connectivity index (χ1n) is 6.29. The van der Waals surface area contributed by atoms with E-state index in [1.165, 1.54) is 0 Å². The van der Waals surface area contributed by atoms with Crippen LogP contribution in [0.5, 0.6) is 0 Å². The van der Waals surface area contributed by atoms with Gasteiger partial charge in [-0.3, -0.25) is 4.79 Å². The van der Waals surface area contributed by atoms with Gasteiger partial charge in [0.15, 0.2) is 0 Å². The number of thioether (sulfide) groups is 1. The Bertz CT molecular complexity index is 467. The highest BCUT2D eigenvalue weighted by Gasteiger charge is 2.19. The van der Waals surface area contributed by atoms with Gasteiger partial charge in [-0.05, 0) is 36.5 Å². The number of hydrogen-bond donors (Lipinski definition) is 2. The first kappa shape index (κ1) is 16.9. The van der Waals surface area contributed by atoms with Crippen LogP contribution in [0.1, 0.15) is 18.4 Å². The average molecular weight is 316 g/mol. The summed E-state index contributed by atoms with van der Waals surface area (Å²) in [5.74, 6) is -0.564. The Balaban J connectivity index is 2.46. The summed E-state index contributed by atoms with van der Waals surface area (Å²) < 4.78 is 0. The Hall–Kier alpha value is -1.20. The molecule has 0 bridgehead atoms. The topological polar surface area (TPSA) is 66.4 Å². The van der Waals surface area contributed by atoms with Crippen molar-refractivity contribution < 1.29 is 14.7 Å².